The molecule has 0 fully saturated rings. The highest BCUT2D eigenvalue weighted by Gasteiger charge is 1.97. The lowest BCUT2D eigenvalue weighted by Gasteiger charge is -1.95. The molecule has 0 aliphatic heterocycles. The lowest BCUT2D eigenvalue weighted by Crippen LogP contribution is -1.80. The summed E-state index contributed by atoms with van der Waals surface area (Å²) in [6.07, 6.45) is 0.278. The molecule has 3 nitrogen and oxygen atoms in total. The van der Waals surface area contributed by atoms with Crippen LogP contribution in [0.5, 0.6) is 0 Å². The van der Waals surface area contributed by atoms with Crippen LogP contribution in [0.1, 0.15) is 5.56 Å². The number of benzene rings is 1. The molecule has 1 radical (unpaired) electrons. The molecule has 1 aromatic carbocycles. The molecule has 0 amide bonds. The minimum absolute atomic E-state index is 0.278. The number of nitrogens with zero attached hydrogens (tertiary/aromatic N) is 3. The van der Waals surface area contributed by atoms with Gasteiger partial charge in [-0.05, 0) is 17.2 Å². The highest BCUT2D eigenvalue weighted by atomic mass is 15.0. The van der Waals surface area contributed by atoms with Crippen LogP contribution in [-0.2, 0) is 6.42 Å². The Morgan fingerprint density at radius 1 is 1.36 bits per heavy atom. The van der Waals surface area contributed by atoms with Crippen molar-refractivity contribution in [2.24, 2.45) is 5.11 Å². The first kappa shape index (κ1) is 7.42. The zero-order valence-corrected chi connectivity index (χ0v) is 5.86. The molecule has 0 saturated carbocycles. The van der Waals surface area contributed by atoms with Crippen molar-refractivity contribution >= 4 is 5.69 Å². The van der Waals surface area contributed by atoms with Crippen molar-refractivity contribution in [1.29, 1.82) is 5.26 Å². The summed E-state index contributed by atoms with van der Waals surface area (Å²) < 4.78 is 0. The second-order valence-electron chi connectivity index (χ2n) is 2.06. The smallest absolute Gasteiger partial charge is 0.0918 e. The summed E-state index contributed by atoms with van der Waals surface area (Å²) in [5, 5.41) is 11.4. The highest BCUT2D eigenvalue weighted by Crippen LogP contribution is 2.17. The van der Waals surface area contributed by atoms with Gasteiger partial charge in [0.15, 0.2) is 0 Å². The molecule has 0 aliphatic rings. The van der Waals surface area contributed by atoms with Gasteiger partial charge in [0.05, 0.1) is 18.2 Å². The van der Waals surface area contributed by atoms with Crippen molar-refractivity contribution in [3.63, 3.8) is 0 Å². The van der Waals surface area contributed by atoms with E-state index in [0.29, 0.717) is 5.69 Å². The predicted molar refractivity (Wildman–Crippen MR) is 40.0 cm³/mol. The third-order valence-corrected chi connectivity index (χ3v) is 1.37. The van der Waals surface area contributed by atoms with Crippen LogP contribution in [0.3, 0.4) is 0 Å². The van der Waals surface area contributed by atoms with Crippen LogP contribution >= 0.6 is 0 Å². The maximum atomic E-state index is 8.46. The second-order valence-corrected chi connectivity index (χ2v) is 2.06. The monoisotopic (exact) mass is 144 g/mol. The summed E-state index contributed by atoms with van der Waals surface area (Å²) in [5.74, 6) is 0. The standard InChI is InChI=1S/C8H6N3/c9-6-5-7-3-1-2-4-8(7)11-10/h1-4H,5H2. The van der Waals surface area contributed by atoms with Crippen LogP contribution in [0.2, 0.25) is 0 Å². The first-order valence-corrected chi connectivity index (χ1v) is 3.18. The fourth-order valence-electron chi connectivity index (χ4n) is 0.843. The maximum absolute atomic E-state index is 8.46. The van der Waals surface area contributed by atoms with E-state index in [1.54, 1.807) is 24.3 Å². The van der Waals surface area contributed by atoms with Gasteiger partial charge in [-0.3, -0.25) is 0 Å². The fourth-order valence-corrected chi connectivity index (χ4v) is 0.843. The fraction of sp³-hybridized carbons (Fsp3) is 0.125. The molecule has 0 bridgehead atoms. The Hall–Kier alpha value is -1.69. The van der Waals surface area contributed by atoms with Crippen molar-refractivity contribution in [1.82, 2.24) is 5.53 Å². The van der Waals surface area contributed by atoms with E-state index in [-0.39, 0.29) is 6.42 Å². The molecule has 11 heavy (non-hydrogen) atoms. The van der Waals surface area contributed by atoms with Gasteiger partial charge >= 0.3 is 0 Å². The molecule has 0 atom stereocenters. The van der Waals surface area contributed by atoms with Gasteiger partial charge in [-0.1, -0.05) is 18.2 Å². The van der Waals surface area contributed by atoms with E-state index in [1.165, 1.54) is 0 Å². The molecule has 0 unspecified atom stereocenters. The molecule has 0 spiro atoms. The van der Waals surface area contributed by atoms with Gasteiger partial charge in [-0.25, -0.2) is 0 Å². The van der Waals surface area contributed by atoms with E-state index in [1.807, 2.05) is 6.07 Å². The van der Waals surface area contributed by atoms with Gasteiger partial charge in [-0.15, -0.1) is 5.11 Å². The molecule has 3 heteroatoms. The van der Waals surface area contributed by atoms with Crippen LogP contribution in [0, 0.1) is 11.3 Å². The Bertz CT molecular complexity index is 298. The third kappa shape index (κ3) is 1.62. The minimum Gasteiger partial charge on any atom is -0.198 e. The van der Waals surface area contributed by atoms with Crippen LogP contribution in [0.4, 0.5) is 5.69 Å². The Balaban J connectivity index is 3.04. The topological polar surface area (TPSA) is 58.4 Å². The molecule has 1 rings (SSSR count). The first-order valence-electron chi connectivity index (χ1n) is 3.18. The van der Waals surface area contributed by atoms with E-state index >= 15 is 0 Å². The Morgan fingerprint density at radius 2 is 2.09 bits per heavy atom. The van der Waals surface area contributed by atoms with Crippen molar-refractivity contribution in [3.8, 4) is 6.07 Å². The average Bonchev–Trinajstić information content (AvgIpc) is 2.06. The van der Waals surface area contributed by atoms with Gasteiger partial charge < -0.3 is 0 Å². The predicted octanol–water partition coefficient (Wildman–Crippen LogP) is 1.64. The van der Waals surface area contributed by atoms with Crippen LogP contribution in [-0.4, -0.2) is 0 Å². The van der Waals surface area contributed by atoms with Gasteiger partial charge in [0, 0.05) is 0 Å². The largest absolute Gasteiger partial charge is 0.198 e. The van der Waals surface area contributed by atoms with Crippen LogP contribution in [0.15, 0.2) is 29.4 Å². The molecule has 0 aromatic heterocycles. The third-order valence-electron chi connectivity index (χ3n) is 1.37. The number of hydrogen-bond acceptors (Lipinski definition) is 2. The summed E-state index contributed by atoms with van der Waals surface area (Å²) in [5.41, 5.74) is 9.68. The Kier molecular flexibility index (Phi) is 2.34. The first-order chi connectivity index (χ1) is 5.38. The lowest BCUT2D eigenvalue weighted by molar-refractivity contribution is 1.20. The number of nitriles is 1. The van der Waals surface area contributed by atoms with Gasteiger partial charge in [0.25, 0.3) is 0 Å². The normalized spacial score (nSPS) is 8.64. The lowest BCUT2D eigenvalue weighted by atomic mass is 10.1. The van der Waals surface area contributed by atoms with E-state index in [4.69, 9.17) is 10.8 Å². The average molecular weight is 144 g/mol. The minimum atomic E-state index is 0.278. The van der Waals surface area contributed by atoms with E-state index in [0.717, 1.165) is 5.56 Å². The summed E-state index contributed by atoms with van der Waals surface area (Å²) in [6.45, 7) is 0. The molecular formula is C8H6N3. The molecule has 0 N–H and O–H groups in total. The van der Waals surface area contributed by atoms with E-state index in [9.17, 15) is 0 Å². The van der Waals surface area contributed by atoms with Gasteiger partial charge in [-0.2, -0.15) is 5.26 Å². The van der Waals surface area contributed by atoms with Gasteiger partial charge in [0.1, 0.15) is 0 Å². The van der Waals surface area contributed by atoms with E-state index in [2.05, 4.69) is 5.11 Å². The summed E-state index contributed by atoms with van der Waals surface area (Å²) >= 11 is 0. The highest BCUT2D eigenvalue weighted by molar-refractivity contribution is 5.46. The molecule has 0 heterocycles. The molecule has 0 aliphatic carbocycles. The zero-order valence-electron chi connectivity index (χ0n) is 5.86. The Labute approximate surface area is 64.8 Å². The van der Waals surface area contributed by atoms with E-state index < -0.39 is 0 Å². The SMILES string of the molecule is [N]=Nc1ccccc1CC#N. The summed E-state index contributed by atoms with van der Waals surface area (Å²) in [6, 6.07) is 8.98. The van der Waals surface area contributed by atoms with Crippen LogP contribution < -0.4 is 5.53 Å². The van der Waals surface area contributed by atoms with Crippen molar-refractivity contribution in [2.75, 3.05) is 0 Å². The quantitative estimate of drug-likeness (QED) is 0.582. The van der Waals surface area contributed by atoms with Crippen molar-refractivity contribution in [2.45, 2.75) is 6.42 Å². The summed E-state index contributed by atoms with van der Waals surface area (Å²) in [4.78, 5) is 0. The number of hydrogen-bond donors (Lipinski definition) is 0. The second kappa shape index (κ2) is 3.47. The summed E-state index contributed by atoms with van der Waals surface area (Å²) in [7, 11) is 0. The molecule has 1 aromatic rings. The van der Waals surface area contributed by atoms with Crippen molar-refractivity contribution in [3.05, 3.63) is 29.8 Å². The van der Waals surface area contributed by atoms with Gasteiger partial charge in [0.2, 0.25) is 0 Å². The maximum Gasteiger partial charge on any atom is 0.0918 e. The van der Waals surface area contributed by atoms with Crippen LogP contribution in [0.25, 0.3) is 0 Å². The van der Waals surface area contributed by atoms with Crippen molar-refractivity contribution < 1.29 is 0 Å². The molecule has 0 saturated heterocycles. The Morgan fingerprint density at radius 3 is 2.73 bits per heavy atom. The number of rotatable bonds is 2. The molecule has 53 valence electrons. The zero-order chi connectivity index (χ0) is 8.10. The molecular weight excluding hydrogens is 138 g/mol.